The second-order valence-electron chi connectivity index (χ2n) is 7.59. The van der Waals surface area contributed by atoms with Gasteiger partial charge in [-0.1, -0.05) is 69.0 Å². The summed E-state index contributed by atoms with van der Waals surface area (Å²) in [6.45, 7) is 2.29. The van der Waals surface area contributed by atoms with Crippen molar-refractivity contribution in [1.29, 1.82) is 0 Å². The monoisotopic (exact) mass is 363 g/mol. The zero-order valence-electron chi connectivity index (χ0n) is 15.8. The maximum atomic E-state index is 4.65. The van der Waals surface area contributed by atoms with Gasteiger partial charge in [-0.2, -0.15) is 4.99 Å². The van der Waals surface area contributed by atoms with Gasteiger partial charge in [0.05, 0.1) is 10.8 Å². The van der Waals surface area contributed by atoms with Crippen molar-refractivity contribution in [2.45, 2.75) is 64.2 Å². The van der Waals surface area contributed by atoms with E-state index >= 15 is 0 Å². The highest BCUT2D eigenvalue weighted by Gasteiger charge is 2.21. The molecule has 0 N–H and O–H groups in total. The molecule has 2 heteroatoms. The van der Waals surface area contributed by atoms with Crippen LogP contribution in [0.1, 0.15) is 69.8 Å². The van der Waals surface area contributed by atoms with E-state index in [1.165, 1.54) is 68.1 Å². The van der Waals surface area contributed by atoms with E-state index in [-0.39, 0.29) is 0 Å². The Bertz CT molecular complexity index is 718. The Kier molecular flexibility index (Phi) is 7.17. The molecule has 0 radical (unpaired) electrons. The van der Waals surface area contributed by atoms with Crippen LogP contribution in [-0.4, -0.2) is 5.16 Å². The molecule has 0 heterocycles. The molecule has 2 aromatic carbocycles. The number of thiocarbonyl (C=S) groups is 1. The lowest BCUT2D eigenvalue weighted by molar-refractivity contribution is 0.303. The van der Waals surface area contributed by atoms with E-state index in [2.05, 4.69) is 65.7 Å². The van der Waals surface area contributed by atoms with Gasteiger partial charge in [0.1, 0.15) is 0 Å². The van der Waals surface area contributed by atoms with Crippen LogP contribution >= 0.6 is 12.2 Å². The van der Waals surface area contributed by atoms with Crippen LogP contribution in [0.15, 0.2) is 53.5 Å². The minimum Gasteiger partial charge on any atom is -0.195 e. The molecule has 0 saturated heterocycles. The first-order valence-corrected chi connectivity index (χ1v) is 10.5. The summed E-state index contributed by atoms with van der Waals surface area (Å²) < 4.78 is 0. The molecule has 0 spiro atoms. The maximum Gasteiger partial charge on any atom is 0.0739 e. The van der Waals surface area contributed by atoms with E-state index in [0.29, 0.717) is 0 Å². The number of benzene rings is 2. The lowest BCUT2D eigenvalue weighted by atomic mass is 9.77. The van der Waals surface area contributed by atoms with Crippen LogP contribution in [0.5, 0.6) is 0 Å². The minimum absolute atomic E-state index is 0.755. The van der Waals surface area contributed by atoms with Gasteiger partial charge in [0, 0.05) is 0 Å². The van der Waals surface area contributed by atoms with E-state index < -0.39 is 0 Å². The largest absolute Gasteiger partial charge is 0.195 e. The van der Waals surface area contributed by atoms with Crippen molar-refractivity contribution >= 4 is 23.1 Å². The molecule has 2 aromatic rings. The van der Waals surface area contributed by atoms with Gasteiger partial charge in [0.15, 0.2) is 0 Å². The van der Waals surface area contributed by atoms with Crippen LogP contribution in [-0.2, 0) is 0 Å². The highest BCUT2D eigenvalue weighted by atomic mass is 32.1. The van der Waals surface area contributed by atoms with Gasteiger partial charge in [-0.3, -0.25) is 0 Å². The lowest BCUT2D eigenvalue weighted by Gasteiger charge is -2.29. The summed E-state index contributed by atoms with van der Waals surface area (Å²) in [4.78, 5) is 4.01. The summed E-state index contributed by atoms with van der Waals surface area (Å²) in [7, 11) is 0. The first-order chi connectivity index (χ1) is 12.8. The van der Waals surface area contributed by atoms with E-state index in [9.17, 15) is 0 Å². The molecule has 1 aliphatic rings. The summed E-state index contributed by atoms with van der Waals surface area (Å²) in [5.41, 5.74) is 4.86. The molecule has 1 saturated carbocycles. The normalized spacial score (nSPS) is 19.7. The molecule has 0 aliphatic heterocycles. The number of isothiocyanates is 1. The third-order valence-corrected chi connectivity index (χ3v) is 5.91. The molecule has 0 amide bonds. The SMILES string of the molecule is CCCCCC1CCC(c2ccc(-c3ccc(N=C=S)cc3)cc2)CC1. The second kappa shape index (κ2) is 9.80. The molecular formula is C24H29NS. The van der Waals surface area contributed by atoms with E-state index in [1.807, 2.05) is 12.1 Å². The van der Waals surface area contributed by atoms with Crippen LogP contribution in [0.2, 0.25) is 0 Å². The highest BCUT2D eigenvalue weighted by molar-refractivity contribution is 7.78. The smallest absolute Gasteiger partial charge is 0.0739 e. The third-order valence-electron chi connectivity index (χ3n) is 5.82. The van der Waals surface area contributed by atoms with E-state index in [4.69, 9.17) is 0 Å². The van der Waals surface area contributed by atoms with E-state index in [1.54, 1.807) is 0 Å². The van der Waals surface area contributed by atoms with Crippen molar-refractivity contribution in [1.82, 2.24) is 0 Å². The van der Waals surface area contributed by atoms with Crippen LogP contribution in [0, 0.1) is 5.92 Å². The van der Waals surface area contributed by atoms with E-state index in [0.717, 1.165) is 17.5 Å². The van der Waals surface area contributed by atoms with Crippen LogP contribution in [0.3, 0.4) is 0 Å². The van der Waals surface area contributed by atoms with Gasteiger partial charge in [-0.25, -0.2) is 0 Å². The zero-order valence-corrected chi connectivity index (χ0v) is 16.6. The standard InChI is InChI=1S/C24H29NS/c1-2-3-4-5-19-6-8-20(9-7-19)21-10-12-22(13-11-21)23-14-16-24(17-15-23)25-18-26/h10-17,19-20H,2-9H2,1H3. The van der Waals surface area contributed by atoms with Crippen molar-refractivity contribution < 1.29 is 0 Å². The predicted molar refractivity (Wildman–Crippen MR) is 115 cm³/mol. The van der Waals surface area contributed by atoms with Crippen LogP contribution < -0.4 is 0 Å². The third kappa shape index (κ3) is 5.13. The molecule has 1 nitrogen and oxygen atoms in total. The molecule has 0 aromatic heterocycles. The number of hydrogen-bond acceptors (Lipinski definition) is 2. The quantitative estimate of drug-likeness (QED) is 0.276. The molecule has 1 fully saturated rings. The first-order valence-electron chi connectivity index (χ1n) is 10.1. The number of rotatable bonds is 7. The molecule has 3 rings (SSSR count). The minimum atomic E-state index is 0.755. The Morgan fingerprint density at radius 3 is 2.08 bits per heavy atom. The Morgan fingerprint density at radius 1 is 0.885 bits per heavy atom. The van der Waals surface area contributed by atoms with Crippen LogP contribution in [0.25, 0.3) is 11.1 Å². The summed E-state index contributed by atoms with van der Waals surface area (Å²) in [5.74, 6) is 1.73. The summed E-state index contributed by atoms with van der Waals surface area (Å²) in [5, 5.41) is 2.41. The number of nitrogens with zero attached hydrogens (tertiary/aromatic N) is 1. The van der Waals surface area contributed by atoms with Crippen molar-refractivity contribution in [2.75, 3.05) is 0 Å². The molecule has 1 aliphatic carbocycles. The van der Waals surface area contributed by atoms with Crippen molar-refractivity contribution in [3.8, 4) is 11.1 Å². The Morgan fingerprint density at radius 2 is 1.50 bits per heavy atom. The maximum absolute atomic E-state index is 4.65. The van der Waals surface area contributed by atoms with Crippen molar-refractivity contribution in [3.63, 3.8) is 0 Å². The average molecular weight is 364 g/mol. The summed E-state index contributed by atoms with van der Waals surface area (Å²) in [6.07, 6.45) is 11.2. The average Bonchev–Trinajstić information content (AvgIpc) is 2.70. The number of hydrogen-bond donors (Lipinski definition) is 0. The molecule has 26 heavy (non-hydrogen) atoms. The molecule has 0 atom stereocenters. The molecule has 0 unspecified atom stereocenters. The molecule has 136 valence electrons. The Hall–Kier alpha value is -1.76. The summed E-state index contributed by atoms with van der Waals surface area (Å²) in [6, 6.07) is 17.4. The first kappa shape index (κ1) is 19.0. The van der Waals surface area contributed by atoms with Gasteiger partial charge in [-0.05, 0) is 78.6 Å². The second-order valence-corrected chi connectivity index (χ2v) is 7.77. The zero-order chi connectivity index (χ0) is 18.2. The van der Waals surface area contributed by atoms with Crippen molar-refractivity contribution in [3.05, 3.63) is 54.1 Å². The van der Waals surface area contributed by atoms with Gasteiger partial charge in [0.2, 0.25) is 0 Å². The Labute approximate surface area is 163 Å². The number of unbranched alkanes of at least 4 members (excludes halogenated alkanes) is 2. The fourth-order valence-electron chi connectivity index (χ4n) is 4.20. The fourth-order valence-corrected chi connectivity index (χ4v) is 4.30. The lowest BCUT2D eigenvalue weighted by Crippen LogP contribution is -2.13. The fraction of sp³-hybridized carbons (Fsp3) is 0.458. The summed E-state index contributed by atoms with van der Waals surface area (Å²) >= 11 is 4.65. The Balaban J connectivity index is 1.57. The van der Waals surface area contributed by atoms with Crippen LogP contribution in [0.4, 0.5) is 5.69 Å². The molecule has 0 bridgehead atoms. The van der Waals surface area contributed by atoms with Crippen molar-refractivity contribution in [2.24, 2.45) is 10.9 Å². The highest BCUT2D eigenvalue weighted by Crippen LogP contribution is 2.38. The van der Waals surface area contributed by atoms with Gasteiger partial charge in [0.25, 0.3) is 0 Å². The van der Waals surface area contributed by atoms with Gasteiger partial charge < -0.3 is 0 Å². The van der Waals surface area contributed by atoms with Gasteiger partial charge >= 0.3 is 0 Å². The topological polar surface area (TPSA) is 12.4 Å². The predicted octanol–water partition coefficient (Wildman–Crippen LogP) is 7.94. The molecular weight excluding hydrogens is 334 g/mol. The number of aliphatic imine (C=N–C) groups is 1. The van der Waals surface area contributed by atoms with Gasteiger partial charge in [-0.15, -0.1) is 0 Å².